The third-order valence-electron chi connectivity index (χ3n) is 3.66. The van der Waals surface area contributed by atoms with E-state index in [4.69, 9.17) is 14.5 Å². The molecule has 0 spiro atoms. The lowest BCUT2D eigenvalue weighted by atomic mass is 10.1. The highest BCUT2D eigenvalue weighted by Gasteiger charge is 2.26. The minimum absolute atomic E-state index is 0.123. The Morgan fingerprint density at radius 1 is 0.579 bits per heavy atom. The first kappa shape index (κ1) is 16.9. The largest absolute Gasteiger partial charge is 0.318 e. The predicted molar refractivity (Wildman–Crippen MR) is 77.6 cm³/mol. The molecular weight excluding hydrogens is 240 g/mol. The van der Waals surface area contributed by atoms with Crippen LogP contribution in [0, 0.1) is 0 Å². The lowest BCUT2D eigenvalue weighted by Crippen LogP contribution is -2.11. The van der Waals surface area contributed by atoms with Crippen LogP contribution in [0.1, 0.15) is 90.9 Å². The van der Waals surface area contributed by atoms with Crippen LogP contribution < -0.4 is 0 Å². The summed E-state index contributed by atoms with van der Waals surface area (Å²) in [6.45, 7) is 4.48. The lowest BCUT2D eigenvalue weighted by Gasteiger charge is -2.08. The molecule has 0 bridgehead atoms. The molecular formula is C16H32O3. The van der Waals surface area contributed by atoms with Gasteiger partial charge in [-0.1, -0.05) is 65.2 Å². The Bertz CT molecular complexity index is 176. The minimum Gasteiger partial charge on any atom is -0.318 e. The summed E-state index contributed by atoms with van der Waals surface area (Å²) >= 11 is 0. The number of hydrogen-bond donors (Lipinski definition) is 0. The fourth-order valence-electron chi connectivity index (χ4n) is 2.40. The Hall–Kier alpha value is -0.120. The fourth-order valence-corrected chi connectivity index (χ4v) is 2.40. The van der Waals surface area contributed by atoms with Crippen molar-refractivity contribution in [3.05, 3.63) is 0 Å². The summed E-state index contributed by atoms with van der Waals surface area (Å²) in [4.78, 5) is 10.5. The van der Waals surface area contributed by atoms with Gasteiger partial charge in [-0.3, -0.25) is 0 Å². The van der Waals surface area contributed by atoms with E-state index >= 15 is 0 Å². The van der Waals surface area contributed by atoms with E-state index in [1.807, 2.05) is 0 Å². The molecule has 2 atom stereocenters. The molecule has 1 saturated heterocycles. The molecule has 0 aromatic rings. The summed E-state index contributed by atoms with van der Waals surface area (Å²) in [7, 11) is 0. The predicted octanol–water partition coefficient (Wildman–Crippen LogP) is 5.34. The van der Waals surface area contributed by atoms with Gasteiger partial charge in [0, 0.05) is 12.8 Å². The average molecular weight is 272 g/mol. The molecule has 3 heteroatoms. The van der Waals surface area contributed by atoms with Crippen LogP contribution in [-0.2, 0) is 14.5 Å². The summed E-state index contributed by atoms with van der Waals surface area (Å²) in [5.41, 5.74) is 0. The van der Waals surface area contributed by atoms with Crippen LogP contribution in [0.4, 0.5) is 0 Å². The van der Waals surface area contributed by atoms with E-state index in [-0.39, 0.29) is 12.6 Å². The van der Waals surface area contributed by atoms with Gasteiger partial charge in [-0.2, -0.15) is 0 Å². The van der Waals surface area contributed by atoms with Crippen molar-refractivity contribution >= 4 is 0 Å². The molecule has 0 radical (unpaired) electrons. The Labute approximate surface area is 118 Å². The molecule has 0 saturated carbocycles. The minimum atomic E-state index is -0.123. The molecule has 0 aromatic heterocycles. The van der Waals surface area contributed by atoms with E-state index in [0.29, 0.717) is 0 Å². The van der Waals surface area contributed by atoms with E-state index in [0.717, 1.165) is 12.8 Å². The maximum absolute atomic E-state index is 5.73. The van der Waals surface area contributed by atoms with Gasteiger partial charge in [-0.05, 0) is 12.8 Å². The highest BCUT2D eigenvalue weighted by atomic mass is 17.3. The second-order valence-electron chi connectivity index (χ2n) is 5.59. The van der Waals surface area contributed by atoms with Crippen molar-refractivity contribution in [2.45, 2.75) is 103 Å². The van der Waals surface area contributed by atoms with Gasteiger partial charge < -0.3 is 4.74 Å². The summed E-state index contributed by atoms with van der Waals surface area (Å²) in [5.74, 6) is 0. The van der Waals surface area contributed by atoms with E-state index in [2.05, 4.69) is 13.8 Å². The molecule has 0 aromatic carbocycles. The van der Waals surface area contributed by atoms with E-state index < -0.39 is 0 Å². The van der Waals surface area contributed by atoms with Crippen LogP contribution in [0.2, 0.25) is 0 Å². The van der Waals surface area contributed by atoms with Gasteiger partial charge >= 0.3 is 0 Å². The smallest absolute Gasteiger partial charge is 0.194 e. The van der Waals surface area contributed by atoms with Crippen molar-refractivity contribution in [3.63, 3.8) is 0 Å². The molecule has 1 aliphatic heterocycles. The Balaban J connectivity index is 1.91. The zero-order chi connectivity index (χ0) is 13.8. The van der Waals surface area contributed by atoms with Gasteiger partial charge in [0.15, 0.2) is 12.6 Å². The van der Waals surface area contributed by atoms with Crippen molar-refractivity contribution in [2.24, 2.45) is 0 Å². The number of rotatable bonds is 12. The van der Waals surface area contributed by atoms with Crippen LogP contribution in [0.3, 0.4) is 0 Å². The quantitative estimate of drug-likeness (QED) is 0.354. The third kappa shape index (κ3) is 8.61. The molecule has 3 nitrogen and oxygen atoms in total. The van der Waals surface area contributed by atoms with E-state index in [1.54, 1.807) is 0 Å². The maximum atomic E-state index is 5.73. The summed E-state index contributed by atoms with van der Waals surface area (Å²) in [5, 5.41) is 0. The topological polar surface area (TPSA) is 27.7 Å². The van der Waals surface area contributed by atoms with Gasteiger partial charge in [-0.25, -0.2) is 9.78 Å². The molecule has 1 rings (SSSR count). The Kier molecular flexibility index (Phi) is 10.4. The molecule has 0 aliphatic carbocycles. The number of unbranched alkanes of at least 4 members (excludes halogenated alkanes) is 8. The molecule has 2 unspecified atom stereocenters. The molecule has 1 aliphatic rings. The van der Waals surface area contributed by atoms with E-state index in [1.165, 1.54) is 64.2 Å². The number of hydrogen-bond acceptors (Lipinski definition) is 3. The highest BCUT2D eigenvalue weighted by Crippen LogP contribution is 2.22. The SMILES string of the molecule is CCCCCCCC1OOC(CCCCCCC)O1. The molecule has 1 fully saturated rings. The summed E-state index contributed by atoms with van der Waals surface area (Å²) < 4.78 is 5.73. The van der Waals surface area contributed by atoms with Gasteiger partial charge in [0.2, 0.25) is 0 Å². The molecule has 114 valence electrons. The van der Waals surface area contributed by atoms with Gasteiger partial charge in [-0.15, -0.1) is 0 Å². The van der Waals surface area contributed by atoms with Crippen molar-refractivity contribution in [3.8, 4) is 0 Å². The van der Waals surface area contributed by atoms with Gasteiger partial charge in [0.1, 0.15) is 0 Å². The first-order chi connectivity index (χ1) is 9.36. The van der Waals surface area contributed by atoms with Crippen LogP contribution >= 0.6 is 0 Å². The average Bonchev–Trinajstić information content (AvgIpc) is 2.86. The monoisotopic (exact) mass is 272 g/mol. The molecule has 0 N–H and O–H groups in total. The molecule has 0 amide bonds. The first-order valence-electron chi connectivity index (χ1n) is 8.34. The summed E-state index contributed by atoms with van der Waals surface area (Å²) in [6, 6.07) is 0. The summed E-state index contributed by atoms with van der Waals surface area (Å²) in [6.07, 6.45) is 14.5. The fraction of sp³-hybridized carbons (Fsp3) is 1.00. The molecule has 1 heterocycles. The maximum Gasteiger partial charge on any atom is 0.194 e. The standard InChI is InChI=1S/C16H32O3/c1-3-5-7-9-11-13-15-17-16(19-18-15)14-12-10-8-6-4-2/h15-16H,3-14H2,1-2H3. The van der Waals surface area contributed by atoms with Gasteiger partial charge in [0.25, 0.3) is 0 Å². The van der Waals surface area contributed by atoms with Crippen LogP contribution in [0.5, 0.6) is 0 Å². The van der Waals surface area contributed by atoms with Crippen molar-refractivity contribution in [2.75, 3.05) is 0 Å². The van der Waals surface area contributed by atoms with Gasteiger partial charge in [0.05, 0.1) is 0 Å². The number of ether oxygens (including phenoxy) is 1. The normalized spacial score (nSPS) is 23.1. The van der Waals surface area contributed by atoms with Crippen molar-refractivity contribution < 1.29 is 14.5 Å². The lowest BCUT2D eigenvalue weighted by molar-refractivity contribution is -0.298. The second kappa shape index (κ2) is 11.7. The Morgan fingerprint density at radius 3 is 1.42 bits per heavy atom. The zero-order valence-corrected chi connectivity index (χ0v) is 12.9. The van der Waals surface area contributed by atoms with E-state index in [9.17, 15) is 0 Å². The zero-order valence-electron chi connectivity index (χ0n) is 12.9. The van der Waals surface area contributed by atoms with Crippen molar-refractivity contribution in [1.82, 2.24) is 0 Å². The first-order valence-corrected chi connectivity index (χ1v) is 8.34. The van der Waals surface area contributed by atoms with Crippen LogP contribution in [0.25, 0.3) is 0 Å². The van der Waals surface area contributed by atoms with Crippen LogP contribution in [-0.4, -0.2) is 12.6 Å². The van der Waals surface area contributed by atoms with Crippen molar-refractivity contribution in [1.29, 1.82) is 0 Å². The Morgan fingerprint density at radius 2 is 1.00 bits per heavy atom. The highest BCUT2D eigenvalue weighted by molar-refractivity contribution is 4.55. The third-order valence-corrected chi connectivity index (χ3v) is 3.66. The molecule has 19 heavy (non-hydrogen) atoms. The second-order valence-corrected chi connectivity index (χ2v) is 5.59. The van der Waals surface area contributed by atoms with Crippen LogP contribution in [0.15, 0.2) is 0 Å².